The molecule has 0 saturated heterocycles. The van der Waals surface area contributed by atoms with Gasteiger partial charge in [-0.05, 0) is 19.3 Å². The zero-order chi connectivity index (χ0) is 11.4. The van der Waals surface area contributed by atoms with Crippen molar-refractivity contribution in [3.8, 4) is 0 Å². The van der Waals surface area contributed by atoms with Crippen molar-refractivity contribution in [1.29, 1.82) is 0 Å². The number of unbranched alkanes of at least 4 members (excludes halogenated alkanes) is 5. The molecule has 0 N–H and O–H groups in total. The van der Waals surface area contributed by atoms with Crippen LogP contribution in [0.1, 0.15) is 71.6 Å². The van der Waals surface area contributed by atoms with Crippen LogP contribution >= 0.6 is 0 Å². The molecule has 0 aliphatic rings. The first-order valence-corrected chi connectivity index (χ1v) is 6.44. The van der Waals surface area contributed by atoms with Crippen molar-refractivity contribution in [2.45, 2.75) is 77.7 Å². The van der Waals surface area contributed by atoms with Gasteiger partial charge < -0.3 is 4.74 Å². The normalized spacial score (nSPS) is 12.4. The molecular formula is C13H26O2. The molecule has 0 amide bonds. The summed E-state index contributed by atoms with van der Waals surface area (Å²) in [5, 5.41) is 0. The molecule has 1 atom stereocenters. The molecule has 0 fully saturated rings. The zero-order valence-electron chi connectivity index (χ0n) is 10.3. The van der Waals surface area contributed by atoms with E-state index in [9.17, 15) is 4.79 Å². The minimum Gasteiger partial charge on any atom is -0.465 e. The molecule has 0 aliphatic heterocycles. The molecule has 2 heteroatoms. The smallest absolute Gasteiger partial charge is 0.293 e. The Labute approximate surface area is 94.4 Å². The Kier molecular flexibility index (Phi) is 11.1. The van der Waals surface area contributed by atoms with Crippen LogP contribution in [0, 0.1) is 0 Å². The molecule has 1 unspecified atom stereocenters. The number of hydrogen-bond acceptors (Lipinski definition) is 2. The lowest BCUT2D eigenvalue weighted by Crippen LogP contribution is -2.11. The molecule has 0 aromatic carbocycles. The quantitative estimate of drug-likeness (QED) is 0.382. The van der Waals surface area contributed by atoms with E-state index in [0.717, 1.165) is 19.3 Å². The fourth-order valence-electron chi connectivity index (χ4n) is 1.83. The van der Waals surface area contributed by atoms with Gasteiger partial charge in [-0.1, -0.05) is 52.4 Å². The molecule has 0 heterocycles. The Balaban J connectivity index is 3.32. The fourth-order valence-corrected chi connectivity index (χ4v) is 1.83. The van der Waals surface area contributed by atoms with Crippen LogP contribution in [0.3, 0.4) is 0 Å². The molecule has 0 aromatic rings. The van der Waals surface area contributed by atoms with E-state index in [-0.39, 0.29) is 6.10 Å². The molecule has 0 radical (unpaired) electrons. The topological polar surface area (TPSA) is 26.3 Å². The monoisotopic (exact) mass is 214 g/mol. The maximum absolute atomic E-state index is 10.2. The summed E-state index contributed by atoms with van der Waals surface area (Å²) < 4.78 is 5.03. The van der Waals surface area contributed by atoms with Gasteiger partial charge in [-0.15, -0.1) is 0 Å². The maximum Gasteiger partial charge on any atom is 0.293 e. The highest BCUT2D eigenvalue weighted by Crippen LogP contribution is 2.13. The SMILES string of the molecule is CCCCCCCCC(CCC)OC=O. The third kappa shape index (κ3) is 9.77. The Morgan fingerprint density at radius 2 is 1.60 bits per heavy atom. The van der Waals surface area contributed by atoms with Crippen molar-refractivity contribution >= 4 is 6.47 Å². The average Bonchev–Trinajstić information content (AvgIpc) is 2.24. The van der Waals surface area contributed by atoms with Crippen LogP contribution in [0.25, 0.3) is 0 Å². The van der Waals surface area contributed by atoms with E-state index in [1.165, 1.54) is 38.5 Å². The van der Waals surface area contributed by atoms with Crippen LogP contribution in [-0.2, 0) is 9.53 Å². The summed E-state index contributed by atoms with van der Waals surface area (Å²) in [5.41, 5.74) is 0. The maximum atomic E-state index is 10.2. The van der Waals surface area contributed by atoms with Gasteiger partial charge >= 0.3 is 0 Å². The lowest BCUT2D eigenvalue weighted by molar-refractivity contribution is -0.134. The van der Waals surface area contributed by atoms with Gasteiger partial charge in [0.05, 0.1) is 0 Å². The van der Waals surface area contributed by atoms with Crippen molar-refractivity contribution in [3.63, 3.8) is 0 Å². The van der Waals surface area contributed by atoms with Gasteiger partial charge in [0, 0.05) is 0 Å². The van der Waals surface area contributed by atoms with Gasteiger partial charge in [0.1, 0.15) is 6.10 Å². The summed E-state index contributed by atoms with van der Waals surface area (Å²) in [7, 11) is 0. The minimum atomic E-state index is 0.165. The molecule has 0 spiro atoms. The van der Waals surface area contributed by atoms with Crippen LogP contribution in [0.5, 0.6) is 0 Å². The van der Waals surface area contributed by atoms with Crippen molar-refractivity contribution in [3.05, 3.63) is 0 Å². The van der Waals surface area contributed by atoms with E-state index >= 15 is 0 Å². The fraction of sp³-hybridized carbons (Fsp3) is 0.923. The van der Waals surface area contributed by atoms with Crippen molar-refractivity contribution in [1.82, 2.24) is 0 Å². The van der Waals surface area contributed by atoms with E-state index in [1.807, 2.05) is 0 Å². The number of ether oxygens (including phenoxy) is 1. The predicted octanol–water partition coefficient (Wildman–Crippen LogP) is 4.08. The summed E-state index contributed by atoms with van der Waals surface area (Å²) in [4.78, 5) is 10.2. The second-order valence-electron chi connectivity index (χ2n) is 4.20. The van der Waals surface area contributed by atoms with Gasteiger partial charge in [0.15, 0.2) is 0 Å². The largest absolute Gasteiger partial charge is 0.465 e. The summed E-state index contributed by atoms with van der Waals surface area (Å²) in [6.07, 6.45) is 11.1. The van der Waals surface area contributed by atoms with Gasteiger partial charge in [-0.2, -0.15) is 0 Å². The molecule has 2 nitrogen and oxygen atoms in total. The first-order chi connectivity index (χ1) is 7.35. The molecule has 0 aromatic heterocycles. The first kappa shape index (κ1) is 14.5. The van der Waals surface area contributed by atoms with Gasteiger partial charge in [0.2, 0.25) is 0 Å². The lowest BCUT2D eigenvalue weighted by Gasteiger charge is -2.13. The van der Waals surface area contributed by atoms with Gasteiger partial charge in [-0.3, -0.25) is 4.79 Å². The van der Waals surface area contributed by atoms with Crippen molar-refractivity contribution in [2.75, 3.05) is 0 Å². The van der Waals surface area contributed by atoms with E-state index in [4.69, 9.17) is 4.74 Å². The minimum absolute atomic E-state index is 0.165. The molecule has 90 valence electrons. The van der Waals surface area contributed by atoms with Crippen molar-refractivity contribution < 1.29 is 9.53 Å². The second-order valence-corrected chi connectivity index (χ2v) is 4.20. The highest BCUT2D eigenvalue weighted by molar-refractivity contribution is 5.37. The van der Waals surface area contributed by atoms with E-state index in [2.05, 4.69) is 13.8 Å². The number of hydrogen-bond donors (Lipinski definition) is 0. The Morgan fingerprint density at radius 3 is 2.20 bits per heavy atom. The lowest BCUT2D eigenvalue weighted by atomic mass is 10.0. The van der Waals surface area contributed by atoms with E-state index < -0.39 is 0 Å². The first-order valence-electron chi connectivity index (χ1n) is 6.44. The summed E-state index contributed by atoms with van der Waals surface area (Å²) in [6.45, 7) is 4.95. The summed E-state index contributed by atoms with van der Waals surface area (Å²) in [6, 6.07) is 0. The summed E-state index contributed by atoms with van der Waals surface area (Å²) in [5.74, 6) is 0. The average molecular weight is 214 g/mol. The second kappa shape index (κ2) is 11.5. The van der Waals surface area contributed by atoms with Crippen LogP contribution in [-0.4, -0.2) is 12.6 Å². The number of carbonyl (C=O) groups excluding carboxylic acids is 1. The number of carbonyl (C=O) groups is 1. The zero-order valence-corrected chi connectivity index (χ0v) is 10.3. The highest BCUT2D eigenvalue weighted by Gasteiger charge is 2.06. The van der Waals surface area contributed by atoms with Crippen LogP contribution in [0.4, 0.5) is 0 Å². The molecule has 15 heavy (non-hydrogen) atoms. The Morgan fingerprint density at radius 1 is 0.933 bits per heavy atom. The van der Waals surface area contributed by atoms with Crippen LogP contribution in [0.15, 0.2) is 0 Å². The third-order valence-corrected chi connectivity index (χ3v) is 2.74. The Hall–Kier alpha value is -0.530. The number of rotatable bonds is 11. The van der Waals surface area contributed by atoms with Crippen LogP contribution in [0.2, 0.25) is 0 Å². The molecule has 0 bridgehead atoms. The highest BCUT2D eigenvalue weighted by atomic mass is 16.5. The van der Waals surface area contributed by atoms with Gasteiger partial charge in [0.25, 0.3) is 6.47 Å². The Bertz CT molecular complexity index is 134. The van der Waals surface area contributed by atoms with Gasteiger partial charge in [-0.25, -0.2) is 0 Å². The van der Waals surface area contributed by atoms with Crippen LogP contribution < -0.4 is 0 Å². The predicted molar refractivity (Wildman–Crippen MR) is 63.8 cm³/mol. The third-order valence-electron chi connectivity index (χ3n) is 2.74. The molecule has 0 saturated carbocycles. The van der Waals surface area contributed by atoms with Crippen molar-refractivity contribution in [2.24, 2.45) is 0 Å². The van der Waals surface area contributed by atoms with E-state index in [1.54, 1.807) is 0 Å². The molecule has 0 aliphatic carbocycles. The molecular weight excluding hydrogens is 188 g/mol. The standard InChI is InChI=1S/C13H26O2/c1-3-5-6-7-8-9-11-13(10-4-2)15-12-14/h12-13H,3-11H2,1-2H3. The molecule has 0 rings (SSSR count). The van der Waals surface area contributed by atoms with E-state index in [0.29, 0.717) is 6.47 Å². The summed E-state index contributed by atoms with van der Waals surface area (Å²) >= 11 is 0.